The summed E-state index contributed by atoms with van der Waals surface area (Å²) in [6, 6.07) is 0. The molecule has 104 valence electrons. The van der Waals surface area contributed by atoms with E-state index in [0.717, 1.165) is 35.5 Å². The van der Waals surface area contributed by atoms with Crippen LogP contribution >= 0.6 is 0 Å². The van der Waals surface area contributed by atoms with Crippen LogP contribution in [-0.4, -0.2) is 0 Å². The van der Waals surface area contributed by atoms with E-state index in [9.17, 15) is 0 Å². The largest absolute Gasteiger partial charge is 0.0622 e. The van der Waals surface area contributed by atoms with E-state index in [1.54, 1.807) is 32.1 Å². The molecule has 0 nitrogen and oxygen atoms in total. The van der Waals surface area contributed by atoms with Gasteiger partial charge in [0.2, 0.25) is 0 Å². The van der Waals surface area contributed by atoms with Crippen LogP contribution in [0.25, 0.3) is 0 Å². The molecule has 0 spiro atoms. The summed E-state index contributed by atoms with van der Waals surface area (Å²) in [6.45, 7) is 5.15. The fourth-order valence-corrected chi connectivity index (χ4v) is 5.82. The van der Waals surface area contributed by atoms with Gasteiger partial charge in [-0.05, 0) is 54.8 Å². The third kappa shape index (κ3) is 2.37. The second-order valence-electron chi connectivity index (χ2n) is 7.73. The van der Waals surface area contributed by atoms with E-state index in [2.05, 4.69) is 13.8 Å². The van der Waals surface area contributed by atoms with Crippen molar-refractivity contribution < 1.29 is 0 Å². The Balaban J connectivity index is 1.65. The average molecular weight is 248 g/mol. The van der Waals surface area contributed by atoms with Gasteiger partial charge in [-0.25, -0.2) is 0 Å². The Bertz CT molecular complexity index is 263. The zero-order valence-electron chi connectivity index (χ0n) is 12.5. The van der Waals surface area contributed by atoms with E-state index < -0.39 is 0 Å². The first-order valence-corrected chi connectivity index (χ1v) is 8.77. The van der Waals surface area contributed by atoms with Crippen molar-refractivity contribution >= 4 is 0 Å². The topological polar surface area (TPSA) is 0 Å². The second-order valence-corrected chi connectivity index (χ2v) is 7.73. The molecule has 3 rings (SSSR count). The lowest BCUT2D eigenvalue weighted by Crippen LogP contribution is -2.31. The molecule has 0 bridgehead atoms. The van der Waals surface area contributed by atoms with Crippen molar-refractivity contribution in [3.63, 3.8) is 0 Å². The Morgan fingerprint density at radius 3 is 2.28 bits per heavy atom. The van der Waals surface area contributed by atoms with Gasteiger partial charge in [-0.2, -0.15) is 0 Å². The third-order valence-electron chi connectivity index (χ3n) is 6.93. The maximum absolute atomic E-state index is 2.61. The zero-order valence-corrected chi connectivity index (χ0v) is 12.5. The van der Waals surface area contributed by atoms with E-state index in [-0.39, 0.29) is 0 Å². The highest BCUT2D eigenvalue weighted by Gasteiger charge is 2.44. The number of hydrogen-bond donors (Lipinski definition) is 0. The van der Waals surface area contributed by atoms with Gasteiger partial charge in [-0.1, -0.05) is 58.8 Å². The van der Waals surface area contributed by atoms with Crippen LogP contribution in [0.4, 0.5) is 0 Å². The second kappa shape index (κ2) is 5.55. The van der Waals surface area contributed by atoms with Gasteiger partial charge in [0.1, 0.15) is 0 Å². The van der Waals surface area contributed by atoms with E-state index in [1.807, 2.05) is 0 Å². The maximum Gasteiger partial charge on any atom is -0.0352 e. The minimum Gasteiger partial charge on any atom is -0.0622 e. The van der Waals surface area contributed by atoms with Crippen LogP contribution in [0.2, 0.25) is 0 Å². The van der Waals surface area contributed by atoms with Gasteiger partial charge in [0.15, 0.2) is 0 Å². The Labute approximate surface area is 114 Å². The highest BCUT2D eigenvalue weighted by molar-refractivity contribution is 4.93. The molecule has 18 heavy (non-hydrogen) atoms. The van der Waals surface area contributed by atoms with Crippen LogP contribution in [0.3, 0.4) is 0 Å². The van der Waals surface area contributed by atoms with Crippen molar-refractivity contribution in [2.75, 3.05) is 0 Å². The van der Waals surface area contributed by atoms with Crippen LogP contribution < -0.4 is 0 Å². The summed E-state index contributed by atoms with van der Waals surface area (Å²) < 4.78 is 0. The molecule has 3 fully saturated rings. The van der Waals surface area contributed by atoms with E-state index in [0.29, 0.717) is 0 Å². The van der Waals surface area contributed by atoms with E-state index in [1.165, 1.54) is 32.1 Å². The molecule has 0 saturated heterocycles. The molecule has 0 aromatic carbocycles. The highest BCUT2D eigenvalue weighted by Crippen LogP contribution is 2.53. The molecule has 0 radical (unpaired) electrons. The SMILES string of the molecule is CC1CCCC2C1CCC2C(C)C1CCCCC1. The highest BCUT2D eigenvalue weighted by atomic mass is 14.5. The zero-order chi connectivity index (χ0) is 12.5. The van der Waals surface area contributed by atoms with Crippen LogP contribution in [-0.2, 0) is 0 Å². The monoisotopic (exact) mass is 248 g/mol. The normalized spacial score (nSPS) is 43.7. The lowest BCUT2D eigenvalue weighted by molar-refractivity contribution is 0.104. The molecular weight excluding hydrogens is 216 g/mol. The molecular formula is C18H32. The Morgan fingerprint density at radius 1 is 0.722 bits per heavy atom. The van der Waals surface area contributed by atoms with Crippen molar-refractivity contribution in [2.24, 2.45) is 35.5 Å². The van der Waals surface area contributed by atoms with Gasteiger partial charge < -0.3 is 0 Å². The lowest BCUT2D eigenvalue weighted by atomic mass is 9.66. The standard InChI is InChI=1S/C18H32/c1-13-7-6-10-18-16(13)11-12-17(18)14(2)15-8-4-3-5-9-15/h13-18H,3-12H2,1-2H3. The molecule has 5 unspecified atom stereocenters. The smallest absolute Gasteiger partial charge is 0.0352 e. The third-order valence-corrected chi connectivity index (χ3v) is 6.93. The van der Waals surface area contributed by atoms with E-state index >= 15 is 0 Å². The summed E-state index contributed by atoms with van der Waals surface area (Å²) in [6.07, 6.45) is 15.4. The quantitative estimate of drug-likeness (QED) is 0.591. The number of fused-ring (bicyclic) bond motifs is 1. The van der Waals surface area contributed by atoms with Crippen LogP contribution in [0.5, 0.6) is 0 Å². The van der Waals surface area contributed by atoms with Gasteiger partial charge in [-0.15, -0.1) is 0 Å². The maximum atomic E-state index is 2.61. The van der Waals surface area contributed by atoms with Crippen LogP contribution in [0, 0.1) is 35.5 Å². The summed E-state index contributed by atoms with van der Waals surface area (Å²) in [5.74, 6) is 6.47. The Kier molecular flexibility index (Phi) is 4.01. The van der Waals surface area contributed by atoms with Crippen molar-refractivity contribution in [3.8, 4) is 0 Å². The number of rotatable bonds is 2. The van der Waals surface area contributed by atoms with Crippen molar-refractivity contribution in [2.45, 2.75) is 78.1 Å². The van der Waals surface area contributed by atoms with Crippen LogP contribution in [0.15, 0.2) is 0 Å². The predicted molar refractivity (Wildman–Crippen MR) is 78.5 cm³/mol. The van der Waals surface area contributed by atoms with Gasteiger partial charge in [0.05, 0.1) is 0 Å². The summed E-state index contributed by atoms with van der Waals surface area (Å²) >= 11 is 0. The van der Waals surface area contributed by atoms with Crippen molar-refractivity contribution in [1.29, 1.82) is 0 Å². The fourth-order valence-electron chi connectivity index (χ4n) is 5.82. The minimum atomic E-state index is 1.03. The summed E-state index contributed by atoms with van der Waals surface area (Å²) in [4.78, 5) is 0. The van der Waals surface area contributed by atoms with Crippen molar-refractivity contribution in [1.82, 2.24) is 0 Å². The molecule has 3 aliphatic carbocycles. The van der Waals surface area contributed by atoms with Crippen LogP contribution in [0.1, 0.15) is 78.1 Å². The summed E-state index contributed by atoms with van der Waals surface area (Å²) in [5.41, 5.74) is 0. The summed E-state index contributed by atoms with van der Waals surface area (Å²) in [7, 11) is 0. The summed E-state index contributed by atoms with van der Waals surface area (Å²) in [5, 5.41) is 0. The molecule has 0 aromatic heterocycles. The first-order chi connectivity index (χ1) is 8.77. The average Bonchev–Trinajstić information content (AvgIpc) is 2.84. The molecule has 0 aliphatic heterocycles. The lowest BCUT2D eigenvalue weighted by Gasteiger charge is -2.39. The Hall–Kier alpha value is 0. The minimum absolute atomic E-state index is 1.03. The molecule has 0 heteroatoms. The molecule has 3 aliphatic rings. The first kappa shape index (κ1) is 13.0. The van der Waals surface area contributed by atoms with Crippen molar-refractivity contribution in [3.05, 3.63) is 0 Å². The van der Waals surface area contributed by atoms with Gasteiger partial charge in [0.25, 0.3) is 0 Å². The molecule has 0 heterocycles. The molecule has 5 atom stereocenters. The predicted octanol–water partition coefficient (Wildman–Crippen LogP) is 5.67. The Morgan fingerprint density at radius 2 is 1.50 bits per heavy atom. The number of hydrogen-bond acceptors (Lipinski definition) is 0. The molecule has 0 amide bonds. The molecule has 0 aromatic rings. The van der Waals surface area contributed by atoms with Gasteiger partial charge in [-0.3, -0.25) is 0 Å². The van der Waals surface area contributed by atoms with E-state index in [4.69, 9.17) is 0 Å². The molecule has 3 saturated carbocycles. The fraction of sp³-hybridized carbons (Fsp3) is 1.00. The van der Waals surface area contributed by atoms with Gasteiger partial charge in [0, 0.05) is 0 Å². The molecule has 0 N–H and O–H groups in total. The first-order valence-electron chi connectivity index (χ1n) is 8.77. The van der Waals surface area contributed by atoms with Gasteiger partial charge >= 0.3 is 0 Å².